The first kappa shape index (κ1) is 25.4. The Kier molecular flexibility index (Phi) is 8.00. The molecule has 186 valence electrons. The standard InChI is InChI=1S/C28H28ClFN4O2/c1-18(2)17-34(15-14-26(35)31-22-9-11-23(36-3)12-10-22)28-24-13-6-20(29)16-25(24)32-27(33-28)19-4-7-21(30)8-5-19/h4-13,16,18H,14-15,17H2,1-3H3,(H,31,35). The topological polar surface area (TPSA) is 67.3 Å². The lowest BCUT2D eigenvalue weighted by atomic mass is 10.1. The van der Waals surface area contributed by atoms with Crippen LogP contribution in [0.3, 0.4) is 0 Å². The second kappa shape index (κ2) is 11.4. The van der Waals surface area contributed by atoms with Crippen molar-refractivity contribution in [3.63, 3.8) is 0 Å². The number of ether oxygens (including phenoxy) is 1. The molecule has 0 unspecified atom stereocenters. The van der Waals surface area contributed by atoms with Crippen molar-refractivity contribution in [2.24, 2.45) is 5.92 Å². The van der Waals surface area contributed by atoms with E-state index in [0.717, 1.165) is 11.1 Å². The van der Waals surface area contributed by atoms with E-state index in [1.807, 2.05) is 6.07 Å². The first-order valence-corrected chi connectivity index (χ1v) is 12.1. The number of carbonyl (C=O) groups excluding carboxylic acids is 1. The van der Waals surface area contributed by atoms with Crippen molar-refractivity contribution in [2.45, 2.75) is 20.3 Å². The van der Waals surface area contributed by atoms with Gasteiger partial charge in [0, 0.05) is 41.2 Å². The van der Waals surface area contributed by atoms with Crippen molar-refractivity contribution in [2.75, 3.05) is 30.4 Å². The maximum absolute atomic E-state index is 13.5. The molecule has 0 aliphatic rings. The zero-order valence-electron chi connectivity index (χ0n) is 20.5. The van der Waals surface area contributed by atoms with Gasteiger partial charge in [0.25, 0.3) is 0 Å². The Morgan fingerprint density at radius 3 is 2.44 bits per heavy atom. The molecular formula is C28H28ClFN4O2. The van der Waals surface area contributed by atoms with E-state index in [1.165, 1.54) is 12.1 Å². The van der Waals surface area contributed by atoms with Gasteiger partial charge >= 0.3 is 0 Å². The third kappa shape index (κ3) is 6.29. The summed E-state index contributed by atoms with van der Waals surface area (Å²) >= 11 is 6.27. The molecule has 1 amide bonds. The fourth-order valence-electron chi connectivity index (χ4n) is 3.91. The van der Waals surface area contributed by atoms with E-state index in [9.17, 15) is 9.18 Å². The summed E-state index contributed by atoms with van der Waals surface area (Å²) in [6.45, 7) is 5.38. The molecule has 0 saturated heterocycles. The molecule has 4 rings (SSSR count). The maximum atomic E-state index is 13.5. The van der Waals surface area contributed by atoms with Crippen molar-refractivity contribution in [3.05, 3.63) is 77.6 Å². The highest BCUT2D eigenvalue weighted by Crippen LogP contribution is 2.30. The smallest absolute Gasteiger partial charge is 0.226 e. The number of amides is 1. The van der Waals surface area contributed by atoms with Crippen molar-refractivity contribution in [1.29, 1.82) is 0 Å². The molecule has 1 N–H and O–H groups in total. The van der Waals surface area contributed by atoms with E-state index in [1.54, 1.807) is 55.6 Å². The first-order chi connectivity index (χ1) is 17.3. The Hall–Kier alpha value is -3.71. The van der Waals surface area contributed by atoms with Crippen molar-refractivity contribution >= 4 is 39.9 Å². The molecule has 0 saturated carbocycles. The van der Waals surface area contributed by atoms with Gasteiger partial charge in [0.05, 0.1) is 12.6 Å². The van der Waals surface area contributed by atoms with Crippen molar-refractivity contribution < 1.29 is 13.9 Å². The van der Waals surface area contributed by atoms with Crippen LogP contribution < -0.4 is 15.0 Å². The van der Waals surface area contributed by atoms with Gasteiger partial charge in [0.2, 0.25) is 5.91 Å². The molecule has 0 fully saturated rings. The van der Waals surface area contributed by atoms with Gasteiger partial charge in [-0.15, -0.1) is 0 Å². The predicted molar refractivity (Wildman–Crippen MR) is 143 cm³/mol. The SMILES string of the molecule is COc1ccc(NC(=O)CCN(CC(C)C)c2nc(-c3ccc(F)cc3)nc3cc(Cl)ccc23)cc1. The number of aromatic nitrogens is 2. The lowest BCUT2D eigenvalue weighted by Crippen LogP contribution is -2.32. The molecule has 0 spiro atoms. The van der Waals surface area contributed by atoms with Gasteiger partial charge in [-0.05, 0) is 72.6 Å². The predicted octanol–water partition coefficient (Wildman–Crippen LogP) is 6.59. The summed E-state index contributed by atoms with van der Waals surface area (Å²) in [6, 6.07) is 18.8. The highest BCUT2D eigenvalue weighted by atomic mass is 35.5. The van der Waals surface area contributed by atoms with Gasteiger partial charge in [-0.25, -0.2) is 14.4 Å². The van der Waals surface area contributed by atoms with Crippen LogP contribution in [-0.2, 0) is 4.79 Å². The molecule has 1 aromatic heterocycles. The molecule has 6 nitrogen and oxygen atoms in total. The summed E-state index contributed by atoms with van der Waals surface area (Å²) in [5.74, 6) is 1.80. The molecule has 4 aromatic rings. The van der Waals surface area contributed by atoms with Crippen LogP contribution >= 0.6 is 11.6 Å². The molecule has 0 bridgehead atoms. The Morgan fingerprint density at radius 2 is 1.78 bits per heavy atom. The van der Waals surface area contributed by atoms with E-state index in [2.05, 4.69) is 29.0 Å². The normalized spacial score (nSPS) is 11.1. The monoisotopic (exact) mass is 506 g/mol. The van der Waals surface area contributed by atoms with E-state index in [-0.39, 0.29) is 18.1 Å². The van der Waals surface area contributed by atoms with Gasteiger partial charge < -0.3 is 15.0 Å². The second-order valence-corrected chi connectivity index (χ2v) is 9.34. The minimum absolute atomic E-state index is 0.103. The van der Waals surface area contributed by atoms with Crippen LogP contribution in [0.15, 0.2) is 66.7 Å². The van der Waals surface area contributed by atoms with Crippen molar-refractivity contribution in [1.82, 2.24) is 9.97 Å². The highest BCUT2D eigenvalue weighted by molar-refractivity contribution is 6.31. The molecule has 8 heteroatoms. The zero-order valence-corrected chi connectivity index (χ0v) is 21.2. The second-order valence-electron chi connectivity index (χ2n) is 8.91. The largest absolute Gasteiger partial charge is 0.497 e. The summed E-state index contributed by atoms with van der Waals surface area (Å²) in [5.41, 5.74) is 2.08. The van der Waals surface area contributed by atoms with E-state index in [0.29, 0.717) is 52.4 Å². The highest BCUT2D eigenvalue weighted by Gasteiger charge is 2.18. The van der Waals surface area contributed by atoms with E-state index >= 15 is 0 Å². The number of nitrogens with zero attached hydrogens (tertiary/aromatic N) is 3. The number of hydrogen-bond acceptors (Lipinski definition) is 5. The molecule has 1 heterocycles. The molecule has 0 aliphatic heterocycles. The first-order valence-electron chi connectivity index (χ1n) is 11.7. The van der Waals surface area contributed by atoms with Gasteiger partial charge in [0.15, 0.2) is 5.82 Å². The lowest BCUT2D eigenvalue weighted by Gasteiger charge is -2.27. The van der Waals surface area contributed by atoms with Crippen LogP contribution in [0.5, 0.6) is 5.75 Å². The quantitative estimate of drug-likeness (QED) is 0.277. The number of benzene rings is 3. The van der Waals surface area contributed by atoms with E-state index in [4.69, 9.17) is 21.3 Å². The number of fused-ring (bicyclic) bond motifs is 1. The van der Waals surface area contributed by atoms with Gasteiger partial charge in [-0.3, -0.25) is 4.79 Å². The number of carbonyl (C=O) groups is 1. The number of anilines is 2. The molecule has 0 radical (unpaired) electrons. The Labute approximate surface area is 215 Å². The maximum Gasteiger partial charge on any atom is 0.226 e. The average Bonchev–Trinajstić information content (AvgIpc) is 2.86. The summed E-state index contributed by atoms with van der Waals surface area (Å²) in [6.07, 6.45) is 0.268. The van der Waals surface area contributed by atoms with Crippen LogP contribution in [0, 0.1) is 11.7 Å². The number of halogens is 2. The Balaban J connectivity index is 1.64. The minimum Gasteiger partial charge on any atom is -0.497 e. The van der Waals surface area contributed by atoms with Gasteiger partial charge in [-0.2, -0.15) is 0 Å². The van der Waals surface area contributed by atoms with Gasteiger partial charge in [0.1, 0.15) is 17.4 Å². The van der Waals surface area contributed by atoms with E-state index < -0.39 is 0 Å². The van der Waals surface area contributed by atoms with Crippen LogP contribution in [0.25, 0.3) is 22.3 Å². The Morgan fingerprint density at radius 1 is 1.06 bits per heavy atom. The summed E-state index contributed by atoms with van der Waals surface area (Å²) < 4.78 is 18.7. The average molecular weight is 507 g/mol. The summed E-state index contributed by atoms with van der Waals surface area (Å²) in [4.78, 5) is 24.4. The zero-order chi connectivity index (χ0) is 25.7. The number of rotatable bonds is 9. The Bertz CT molecular complexity index is 1340. The number of methoxy groups -OCH3 is 1. The molecule has 0 aliphatic carbocycles. The fraction of sp³-hybridized carbons (Fsp3) is 0.250. The number of nitrogens with one attached hydrogen (secondary N) is 1. The summed E-state index contributed by atoms with van der Waals surface area (Å²) in [5, 5.41) is 4.33. The number of hydrogen-bond donors (Lipinski definition) is 1. The molecule has 36 heavy (non-hydrogen) atoms. The minimum atomic E-state index is -0.327. The third-order valence-corrected chi connectivity index (χ3v) is 5.84. The molecule has 3 aromatic carbocycles. The third-order valence-electron chi connectivity index (χ3n) is 5.61. The van der Waals surface area contributed by atoms with Crippen LogP contribution in [0.2, 0.25) is 5.02 Å². The van der Waals surface area contributed by atoms with Crippen LogP contribution in [0.1, 0.15) is 20.3 Å². The van der Waals surface area contributed by atoms with Crippen molar-refractivity contribution in [3.8, 4) is 17.1 Å². The van der Waals surface area contributed by atoms with Gasteiger partial charge in [-0.1, -0.05) is 25.4 Å². The molecule has 0 atom stereocenters. The van der Waals surface area contributed by atoms with Crippen LogP contribution in [0.4, 0.5) is 15.9 Å². The molecular weight excluding hydrogens is 479 g/mol. The fourth-order valence-corrected chi connectivity index (χ4v) is 4.08. The van der Waals surface area contributed by atoms with Crippen LogP contribution in [-0.4, -0.2) is 36.1 Å². The summed E-state index contributed by atoms with van der Waals surface area (Å²) in [7, 11) is 1.60. The lowest BCUT2D eigenvalue weighted by molar-refractivity contribution is -0.116.